The summed E-state index contributed by atoms with van der Waals surface area (Å²) >= 11 is 0. The third-order valence-electron chi connectivity index (χ3n) is 21.6. The van der Waals surface area contributed by atoms with E-state index in [1.165, 1.54) is 295 Å². The molecular weight excluding hydrogens is 1290 g/mol. The molecule has 17 atom stereocenters. The molecule has 0 bridgehead atoms. The zero-order valence-electron chi connectivity index (χ0n) is 64.2. The summed E-state index contributed by atoms with van der Waals surface area (Å²) in [6.45, 7) is 1.85. The van der Waals surface area contributed by atoms with Gasteiger partial charge in [-0.15, -0.1) is 0 Å². The highest BCUT2D eigenvalue weighted by molar-refractivity contribution is 5.76. The van der Waals surface area contributed by atoms with E-state index in [-0.39, 0.29) is 18.9 Å². The Morgan fingerprint density at radius 1 is 0.347 bits per heavy atom. The number of allylic oxidation sites excluding steroid dienone is 2. The maximum Gasteiger partial charge on any atom is 0.220 e. The maximum absolute atomic E-state index is 13.5. The molecule has 0 aromatic heterocycles. The molecule has 0 spiro atoms. The zero-order chi connectivity index (χ0) is 73.2. The lowest BCUT2D eigenvalue weighted by Crippen LogP contribution is -2.66. The third kappa shape index (κ3) is 43.3. The van der Waals surface area contributed by atoms with Crippen LogP contribution in [0.4, 0.5) is 0 Å². The van der Waals surface area contributed by atoms with Crippen molar-refractivity contribution in [1.29, 1.82) is 0 Å². The molecule has 0 aliphatic carbocycles. The Hall–Kier alpha value is -1.47. The van der Waals surface area contributed by atoms with Gasteiger partial charge in [-0.3, -0.25) is 4.79 Å². The topological polar surface area (TPSA) is 307 Å². The lowest BCUT2D eigenvalue weighted by Gasteiger charge is -2.48. The number of hydrogen-bond donors (Lipinski definition) is 12. The smallest absolute Gasteiger partial charge is 0.220 e. The first-order valence-corrected chi connectivity index (χ1v) is 42.4. The molecule has 12 N–H and O–H groups in total. The standard InChI is InChI=1S/C82H157NO18/c1-3-5-7-9-11-13-15-17-19-20-21-22-23-24-25-26-27-28-29-30-31-32-33-34-35-36-37-38-39-40-41-42-43-44-46-48-50-52-54-56-58-60-70(88)83-65(66(87)59-57-55-53-51-49-47-45-18-16-14-12-10-8-6-4-2)64-96-80-76(94)73(91)78(68(62-85)98-80)101-82-77(95)74(92)79(69(63-86)99-82)100-81-75(93)72(90)71(89)67(61-84)97-81/h20-21,65-69,71-82,84-87,89-95H,3-19,22-64H2,1-2H3,(H,83,88)/b21-20-. The highest BCUT2D eigenvalue weighted by Crippen LogP contribution is 2.34. The Balaban J connectivity index is 1.26. The molecule has 3 saturated heterocycles. The summed E-state index contributed by atoms with van der Waals surface area (Å²) in [5, 5.41) is 121. The molecule has 0 radical (unpaired) electrons. The van der Waals surface area contributed by atoms with Crippen molar-refractivity contribution < 1.29 is 89.4 Å². The van der Waals surface area contributed by atoms with Gasteiger partial charge < -0.3 is 89.9 Å². The van der Waals surface area contributed by atoms with E-state index in [1.807, 2.05) is 0 Å². The normalized spacial score (nSPS) is 26.3. The molecule has 3 fully saturated rings. The van der Waals surface area contributed by atoms with E-state index in [0.717, 1.165) is 44.9 Å². The van der Waals surface area contributed by atoms with Crippen LogP contribution in [-0.2, 0) is 33.2 Å². The SMILES string of the molecule is CCCCCCCCCC/C=C\CCCCCCCCCCCCCCCCCCCCCCCCCCCCCCCC(=O)NC(COC1OC(CO)C(OC2OC(CO)C(OC3OC(CO)C(O)C(O)C3O)C(O)C2O)C(O)C1O)C(O)CCCCCCCCCCCCCCCCC. The van der Waals surface area contributed by atoms with Crippen molar-refractivity contribution in [1.82, 2.24) is 5.32 Å². The van der Waals surface area contributed by atoms with Gasteiger partial charge in [-0.2, -0.15) is 0 Å². The van der Waals surface area contributed by atoms with Gasteiger partial charge in [0, 0.05) is 6.42 Å². The van der Waals surface area contributed by atoms with Gasteiger partial charge >= 0.3 is 0 Å². The Labute approximate surface area is 614 Å². The second-order valence-corrected chi connectivity index (χ2v) is 30.7. The Kier molecular flexibility index (Phi) is 58.9. The Morgan fingerprint density at radius 3 is 0.960 bits per heavy atom. The predicted molar refractivity (Wildman–Crippen MR) is 402 cm³/mol. The molecule has 19 heteroatoms. The minimum atomic E-state index is -1.97. The quantitative estimate of drug-likeness (QED) is 0.0199. The fourth-order valence-corrected chi connectivity index (χ4v) is 14.8. The fourth-order valence-electron chi connectivity index (χ4n) is 14.8. The number of amides is 1. The second-order valence-electron chi connectivity index (χ2n) is 30.7. The van der Waals surface area contributed by atoms with Crippen LogP contribution in [0.15, 0.2) is 12.2 Å². The zero-order valence-corrected chi connectivity index (χ0v) is 64.2. The van der Waals surface area contributed by atoms with Crippen LogP contribution in [-0.4, -0.2) is 193 Å². The van der Waals surface area contributed by atoms with Gasteiger partial charge in [0.25, 0.3) is 0 Å². The van der Waals surface area contributed by atoms with E-state index in [2.05, 4.69) is 31.3 Å². The molecular formula is C82H157NO18. The molecule has 1 amide bonds. The third-order valence-corrected chi connectivity index (χ3v) is 21.6. The molecule has 3 heterocycles. The van der Waals surface area contributed by atoms with E-state index in [0.29, 0.717) is 12.8 Å². The van der Waals surface area contributed by atoms with Crippen molar-refractivity contribution in [2.45, 2.75) is 478 Å². The first kappa shape index (κ1) is 93.7. The molecule has 0 saturated carbocycles. The van der Waals surface area contributed by atoms with Crippen molar-refractivity contribution >= 4 is 5.91 Å². The first-order chi connectivity index (χ1) is 49.3. The number of aliphatic hydroxyl groups excluding tert-OH is 11. The summed E-state index contributed by atoms with van der Waals surface area (Å²) in [6.07, 6.45) is 49.2. The monoisotopic (exact) mass is 1440 g/mol. The predicted octanol–water partition coefficient (Wildman–Crippen LogP) is 14.7. The average Bonchev–Trinajstić information content (AvgIpc) is 0.782. The van der Waals surface area contributed by atoms with Gasteiger partial charge in [0.1, 0.15) is 73.2 Å². The van der Waals surface area contributed by atoms with Crippen molar-refractivity contribution in [3.8, 4) is 0 Å². The van der Waals surface area contributed by atoms with Gasteiger partial charge in [0.2, 0.25) is 5.91 Å². The Morgan fingerprint density at radius 2 is 0.624 bits per heavy atom. The molecule has 17 unspecified atom stereocenters. The van der Waals surface area contributed by atoms with Crippen LogP contribution in [0.1, 0.15) is 373 Å². The van der Waals surface area contributed by atoms with Crippen LogP contribution >= 0.6 is 0 Å². The number of unbranched alkanes of at least 4 members (excludes halogenated alkanes) is 51. The van der Waals surface area contributed by atoms with Crippen LogP contribution < -0.4 is 5.32 Å². The summed E-state index contributed by atoms with van der Waals surface area (Å²) in [4.78, 5) is 13.5. The highest BCUT2D eigenvalue weighted by atomic mass is 16.8. The molecule has 598 valence electrons. The summed E-state index contributed by atoms with van der Waals surface area (Å²) < 4.78 is 34.5. The number of rotatable bonds is 69. The van der Waals surface area contributed by atoms with Crippen molar-refractivity contribution in [3.63, 3.8) is 0 Å². The van der Waals surface area contributed by atoms with E-state index < -0.39 is 124 Å². The van der Waals surface area contributed by atoms with E-state index in [1.54, 1.807) is 0 Å². The summed E-state index contributed by atoms with van der Waals surface area (Å²) in [5.41, 5.74) is 0. The minimum Gasteiger partial charge on any atom is -0.394 e. The molecule has 19 nitrogen and oxygen atoms in total. The number of carbonyl (C=O) groups excluding carboxylic acids is 1. The van der Waals surface area contributed by atoms with E-state index in [9.17, 15) is 61.0 Å². The molecule has 0 aromatic carbocycles. The minimum absolute atomic E-state index is 0.234. The van der Waals surface area contributed by atoms with Crippen LogP contribution in [0.2, 0.25) is 0 Å². The largest absolute Gasteiger partial charge is 0.394 e. The molecule has 3 aliphatic rings. The number of aliphatic hydroxyl groups is 11. The highest BCUT2D eigenvalue weighted by Gasteiger charge is 2.54. The van der Waals surface area contributed by atoms with Gasteiger partial charge in [-0.1, -0.05) is 341 Å². The van der Waals surface area contributed by atoms with Crippen LogP contribution in [0.5, 0.6) is 0 Å². The summed E-state index contributed by atoms with van der Waals surface area (Å²) in [5.74, 6) is -0.234. The van der Waals surface area contributed by atoms with Gasteiger partial charge in [-0.25, -0.2) is 0 Å². The number of nitrogens with one attached hydrogen (secondary N) is 1. The van der Waals surface area contributed by atoms with Gasteiger partial charge in [-0.05, 0) is 38.5 Å². The Bertz CT molecular complexity index is 1870. The van der Waals surface area contributed by atoms with Crippen LogP contribution in [0.25, 0.3) is 0 Å². The van der Waals surface area contributed by atoms with Crippen molar-refractivity contribution in [3.05, 3.63) is 12.2 Å². The first-order valence-electron chi connectivity index (χ1n) is 42.4. The maximum atomic E-state index is 13.5. The van der Waals surface area contributed by atoms with Gasteiger partial charge in [0.05, 0.1) is 38.6 Å². The van der Waals surface area contributed by atoms with E-state index in [4.69, 9.17) is 28.4 Å². The number of hydrogen-bond acceptors (Lipinski definition) is 18. The lowest BCUT2D eigenvalue weighted by atomic mass is 9.96. The van der Waals surface area contributed by atoms with Crippen LogP contribution in [0.3, 0.4) is 0 Å². The van der Waals surface area contributed by atoms with Crippen LogP contribution in [0, 0.1) is 0 Å². The van der Waals surface area contributed by atoms with Crippen molar-refractivity contribution in [2.75, 3.05) is 26.4 Å². The van der Waals surface area contributed by atoms with E-state index >= 15 is 0 Å². The molecule has 3 rings (SSSR count). The van der Waals surface area contributed by atoms with Crippen molar-refractivity contribution in [2.24, 2.45) is 0 Å². The summed E-state index contributed by atoms with van der Waals surface area (Å²) in [6, 6.07) is -0.883. The molecule has 3 aliphatic heterocycles. The lowest BCUT2D eigenvalue weighted by molar-refractivity contribution is -0.379. The summed E-state index contributed by atoms with van der Waals surface area (Å²) in [7, 11) is 0. The van der Waals surface area contributed by atoms with Gasteiger partial charge in [0.15, 0.2) is 18.9 Å². The fraction of sp³-hybridized carbons (Fsp3) is 0.963. The molecule has 0 aromatic rings. The average molecular weight is 1450 g/mol. The molecule has 101 heavy (non-hydrogen) atoms. The second kappa shape index (κ2) is 63.5. The number of ether oxygens (including phenoxy) is 6. The number of carbonyl (C=O) groups is 1.